The highest BCUT2D eigenvalue weighted by Crippen LogP contribution is 2.30. The number of rotatable bonds is 8. The molecule has 0 heterocycles. The SMILES string of the molecule is CC(CS(=O)(=O)CC(C)Sc1ccc(C(C)(C)C)cc1)Sc1ccc(C(C)(C)C)cc1. The first-order valence-corrected chi connectivity index (χ1v) is 14.5. The summed E-state index contributed by atoms with van der Waals surface area (Å²) >= 11 is 3.28. The third-order valence-electron chi connectivity index (χ3n) is 5.09. The summed E-state index contributed by atoms with van der Waals surface area (Å²) in [4.78, 5) is 2.24. The smallest absolute Gasteiger partial charge is 0.152 e. The first-order valence-electron chi connectivity index (χ1n) is 10.9. The van der Waals surface area contributed by atoms with Crippen LogP contribution in [-0.4, -0.2) is 30.4 Å². The van der Waals surface area contributed by atoms with Gasteiger partial charge in [-0.3, -0.25) is 0 Å². The zero-order valence-electron chi connectivity index (χ0n) is 20.2. The maximum absolute atomic E-state index is 12.8. The van der Waals surface area contributed by atoms with Crippen LogP contribution in [0.5, 0.6) is 0 Å². The lowest BCUT2D eigenvalue weighted by molar-refractivity contribution is 0.589. The van der Waals surface area contributed by atoms with Gasteiger partial charge < -0.3 is 0 Å². The normalized spacial score (nSPS) is 15.0. The Morgan fingerprint density at radius 1 is 0.645 bits per heavy atom. The van der Waals surface area contributed by atoms with Crippen molar-refractivity contribution >= 4 is 33.4 Å². The van der Waals surface area contributed by atoms with Gasteiger partial charge in [0.15, 0.2) is 9.84 Å². The second-order valence-electron chi connectivity index (χ2n) is 10.5. The van der Waals surface area contributed by atoms with Gasteiger partial charge >= 0.3 is 0 Å². The van der Waals surface area contributed by atoms with Crippen LogP contribution in [0.15, 0.2) is 58.3 Å². The molecule has 0 spiro atoms. The van der Waals surface area contributed by atoms with Crippen LogP contribution in [0.4, 0.5) is 0 Å². The lowest BCUT2D eigenvalue weighted by Crippen LogP contribution is -2.23. The van der Waals surface area contributed by atoms with Crippen LogP contribution in [0.1, 0.15) is 66.5 Å². The first kappa shape index (κ1) is 26.3. The zero-order chi connectivity index (χ0) is 23.4. The van der Waals surface area contributed by atoms with E-state index in [4.69, 9.17) is 0 Å². The lowest BCUT2D eigenvalue weighted by Gasteiger charge is -2.20. The van der Waals surface area contributed by atoms with Crippen molar-refractivity contribution in [3.63, 3.8) is 0 Å². The monoisotopic (exact) mass is 478 g/mol. The Balaban J connectivity index is 1.90. The number of hydrogen-bond acceptors (Lipinski definition) is 4. The second-order valence-corrected chi connectivity index (χ2v) is 15.7. The average Bonchev–Trinajstić information content (AvgIpc) is 2.59. The van der Waals surface area contributed by atoms with Crippen molar-refractivity contribution in [3.05, 3.63) is 59.7 Å². The highest BCUT2D eigenvalue weighted by molar-refractivity contribution is 8.02. The molecule has 2 nitrogen and oxygen atoms in total. The molecular formula is C26H38O2S3. The van der Waals surface area contributed by atoms with E-state index < -0.39 is 9.84 Å². The largest absolute Gasteiger partial charge is 0.229 e. The molecule has 172 valence electrons. The minimum absolute atomic E-state index is 0.0220. The molecule has 2 aromatic rings. The molecule has 0 aliphatic heterocycles. The Labute approximate surface area is 198 Å². The molecule has 2 unspecified atom stereocenters. The Morgan fingerprint density at radius 2 is 0.935 bits per heavy atom. The Morgan fingerprint density at radius 3 is 1.19 bits per heavy atom. The molecule has 0 saturated carbocycles. The number of thioether (sulfide) groups is 2. The quantitative estimate of drug-likeness (QED) is 0.371. The fraction of sp³-hybridized carbons (Fsp3) is 0.538. The van der Waals surface area contributed by atoms with Crippen molar-refractivity contribution in [2.45, 2.75) is 86.5 Å². The topological polar surface area (TPSA) is 34.1 Å². The summed E-state index contributed by atoms with van der Waals surface area (Å²) in [5, 5.41) is 0.0440. The van der Waals surface area contributed by atoms with E-state index in [1.165, 1.54) is 11.1 Å². The molecule has 2 rings (SSSR count). The van der Waals surface area contributed by atoms with Gasteiger partial charge in [-0.05, 0) is 46.2 Å². The summed E-state index contributed by atoms with van der Waals surface area (Å²) in [5.74, 6) is 0.402. The van der Waals surface area contributed by atoms with Gasteiger partial charge in [-0.15, -0.1) is 23.5 Å². The van der Waals surface area contributed by atoms with Crippen LogP contribution in [-0.2, 0) is 20.7 Å². The molecule has 0 aromatic heterocycles. The van der Waals surface area contributed by atoms with E-state index in [9.17, 15) is 8.42 Å². The molecule has 0 N–H and O–H groups in total. The number of sulfone groups is 1. The molecule has 0 radical (unpaired) electrons. The summed E-state index contributed by atoms with van der Waals surface area (Å²) in [5.41, 5.74) is 2.83. The fourth-order valence-corrected chi connectivity index (χ4v) is 8.25. The van der Waals surface area contributed by atoms with Crippen molar-refractivity contribution < 1.29 is 8.42 Å². The number of benzene rings is 2. The lowest BCUT2D eigenvalue weighted by atomic mass is 9.87. The molecular weight excluding hydrogens is 440 g/mol. The molecule has 5 heteroatoms. The number of hydrogen-bond donors (Lipinski definition) is 0. The van der Waals surface area contributed by atoms with E-state index in [0.717, 1.165) is 9.79 Å². The van der Waals surface area contributed by atoms with Gasteiger partial charge in [0, 0.05) is 20.3 Å². The van der Waals surface area contributed by atoms with Gasteiger partial charge in [-0.1, -0.05) is 79.7 Å². The van der Waals surface area contributed by atoms with Gasteiger partial charge in [0.05, 0.1) is 11.5 Å². The molecule has 0 amide bonds. The van der Waals surface area contributed by atoms with Gasteiger partial charge in [0.25, 0.3) is 0 Å². The van der Waals surface area contributed by atoms with E-state index in [1.807, 2.05) is 13.8 Å². The molecule has 31 heavy (non-hydrogen) atoms. The van der Waals surface area contributed by atoms with E-state index >= 15 is 0 Å². The Kier molecular flexibility index (Phi) is 8.80. The minimum atomic E-state index is -3.12. The highest BCUT2D eigenvalue weighted by atomic mass is 32.2. The predicted molar refractivity (Wildman–Crippen MR) is 140 cm³/mol. The van der Waals surface area contributed by atoms with Crippen LogP contribution >= 0.6 is 23.5 Å². The molecule has 0 fully saturated rings. The molecule has 0 aliphatic carbocycles. The Hall–Kier alpha value is -0.910. The molecule has 2 atom stereocenters. The van der Waals surface area contributed by atoms with E-state index in [2.05, 4.69) is 90.1 Å². The standard InChI is InChI=1S/C26H38O2S3/c1-19(29-23-13-9-21(10-14-23)25(3,4)5)17-31(27,28)18-20(2)30-24-15-11-22(12-16-24)26(6,7)8/h9-16,19-20H,17-18H2,1-8H3. The maximum Gasteiger partial charge on any atom is 0.152 e. The summed E-state index contributed by atoms with van der Waals surface area (Å²) in [6.45, 7) is 17.2. The average molecular weight is 479 g/mol. The van der Waals surface area contributed by atoms with Crippen molar-refractivity contribution in [1.29, 1.82) is 0 Å². The van der Waals surface area contributed by atoms with Crippen molar-refractivity contribution in [3.8, 4) is 0 Å². The third-order valence-corrected chi connectivity index (χ3v) is 9.76. The van der Waals surface area contributed by atoms with Gasteiger partial charge in [0.1, 0.15) is 0 Å². The van der Waals surface area contributed by atoms with Crippen molar-refractivity contribution in [2.75, 3.05) is 11.5 Å². The molecule has 0 bridgehead atoms. The zero-order valence-corrected chi connectivity index (χ0v) is 22.7. The van der Waals surface area contributed by atoms with E-state index in [1.54, 1.807) is 23.5 Å². The molecule has 0 aliphatic rings. The second kappa shape index (κ2) is 10.4. The Bertz CT molecular complexity index is 859. The van der Waals surface area contributed by atoms with Crippen LogP contribution in [0.2, 0.25) is 0 Å². The van der Waals surface area contributed by atoms with Crippen LogP contribution in [0.25, 0.3) is 0 Å². The van der Waals surface area contributed by atoms with Crippen LogP contribution < -0.4 is 0 Å². The fourth-order valence-electron chi connectivity index (χ4n) is 3.38. The maximum atomic E-state index is 12.8. The summed E-state index contributed by atoms with van der Waals surface area (Å²) in [7, 11) is -3.12. The predicted octanol–water partition coefficient (Wildman–Crippen LogP) is 7.36. The highest BCUT2D eigenvalue weighted by Gasteiger charge is 2.21. The van der Waals surface area contributed by atoms with Crippen LogP contribution in [0, 0.1) is 0 Å². The summed E-state index contributed by atoms with van der Waals surface area (Å²) in [6, 6.07) is 17.0. The van der Waals surface area contributed by atoms with Crippen LogP contribution in [0.3, 0.4) is 0 Å². The summed E-state index contributed by atoms with van der Waals surface area (Å²) in [6.07, 6.45) is 0. The first-order chi connectivity index (χ1) is 14.2. The van der Waals surface area contributed by atoms with Crippen molar-refractivity contribution in [2.24, 2.45) is 0 Å². The summed E-state index contributed by atoms with van der Waals surface area (Å²) < 4.78 is 25.6. The van der Waals surface area contributed by atoms with Crippen molar-refractivity contribution in [1.82, 2.24) is 0 Å². The molecule has 0 saturated heterocycles. The van der Waals surface area contributed by atoms with E-state index in [0.29, 0.717) is 0 Å². The third kappa shape index (κ3) is 8.86. The minimum Gasteiger partial charge on any atom is -0.229 e. The van der Waals surface area contributed by atoms with E-state index in [-0.39, 0.29) is 32.8 Å². The van der Waals surface area contributed by atoms with Gasteiger partial charge in [-0.25, -0.2) is 8.42 Å². The van der Waals surface area contributed by atoms with Gasteiger partial charge in [-0.2, -0.15) is 0 Å². The van der Waals surface area contributed by atoms with Gasteiger partial charge in [0.2, 0.25) is 0 Å². The molecule has 2 aromatic carbocycles.